The SMILES string of the molecule is CC1(C)c2ccccc2-c2c(N(c3ccc(-c4ccc5sc6ccccc6c5c4)cc3)c3cccc4c3oc3c5ccccc5ccc43)cccc21. The van der Waals surface area contributed by atoms with Crippen LogP contribution in [0.25, 0.3) is 75.1 Å². The van der Waals surface area contributed by atoms with E-state index in [4.69, 9.17) is 4.42 Å². The lowest BCUT2D eigenvalue weighted by Crippen LogP contribution is -2.16. The van der Waals surface area contributed by atoms with E-state index < -0.39 is 0 Å². The second-order valence-corrected chi connectivity index (χ2v) is 15.6. The van der Waals surface area contributed by atoms with Crippen molar-refractivity contribution in [2.24, 2.45) is 0 Å². The van der Waals surface area contributed by atoms with Gasteiger partial charge in [-0.3, -0.25) is 0 Å². The van der Waals surface area contributed by atoms with Gasteiger partial charge >= 0.3 is 0 Å². The molecule has 1 aliphatic carbocycles. The third kappa shape index (κ3) is 4.17. The van der Waals surface area contributed by atoms with E-state index in [9.17, 15) is 0 Å². The van der Waals surface area contributed by atoms with Crippen LogP contribution in [0.1, 0.15) is 25.0 Å². The summed E-state index contributed by atoms with van der Waals surface area (Å²) in [5.41, 5.74) is 12.6. The summed E-state index contributed by atoms with van der Waals surface area (Å²) in [4.78, 5) is 2.42. The molecule has 52 heavy (non-hydrogen) atoms. The Hall–Kier alpha value is -6.16. The van der Waals surface area contributed by atoms with Gasteiger partial charge in [0.2, 0.25) is 0 Å². The third-order valence-corrected chi connectivity index (χ3v) is 12.4. The van der Waals surface area contributed by atoms with Gasteiger partial charge in [0.15, 0.2) is 5.58 Å². The number of benzene rings is 8. The number of nitrogens with zero attached hydrogens (tertiary/aromatic N) is 1. The molecule has 8 aromatic carbocycles. The second-order valence-electron chi connectivity index (χ2n) is 14.5. The smallest absolute Gasteiger partial charge is 0.159 e. The van der Waals surface area contributed by atoms with Crippen molar-refractivity contribution in [3.63, 3.8) is 0 Å². The van der Waals surface area contributed by atoms with E-state index in [0.717, 1.165) is 44.4 Å². The van der Waals surface area contributed by atoms with Crippen LogP contribution >= 0.6 is 11.3 Å². The van der Waals surface area contributed by atoms with Gasteiger partial charge in [0.05, 0.1) is 11.4 Å². The van der Waals surface area contributed by atoms with Crippen LogP contribution in [0, 0.1) is 0 Å². The van der Waals surface area contributed by atoms with Crippen LogP contribution in [-0.4, -0.2) is 0 Å². The zero-order valence-electron chi connectivity index (χ0n) is 28.9. The number of fused-ring (bicyclic) bond motifs is 11. The molecule has 0 unspecified atom stereocenters. The standard InChI is InChI=1S/C49H33NOS/c1-49(2)40-16-7-5-14-38(40)46-41(49)17-10-18-42(46)50(43-19-9-15-36-37-27-23-31-11-3-4-12-34(31)47(37)51-48(36)43)33-25-21-30(22-26-33)32-24-28-45-39(29-32)35-13-6-8-20-44(35)52-45/h3-29H,1-2H3. The van der Waals surface area contributed by atoms with Crippen molar-refractivity contribution >= 4 is 81.3 Å². The highest BCUT2D eigenvalue weighted by Gasteiger charge is 2.38. The third-order valence-electron chi connectivity index (χ3n) is 11.3. The van der Waals surface area contributed by atoms with Crippen molar-refractivity contribution in [3.8, 4) is 22.3 Å². The van der Waals surface area contributed by atoms with E-state index in [1.54, 1.807) is 0 Å². The average Bonchev–Trinajstić information content (AvgIpc) is 3.84. The molecule has 0 spiro atoms. The average molecular weight is 684 g/mol. The fraction of sp³-hybridized carbons (Fsp3) is 0.0612. The molecule has 0 bridgehead atoms. The maximum absolute atomic E-state index is 6.97. The highest BCUT2D eigenvalue weighted by molar-refractivity contribution is 7.25. The lowest BCUT2D eigenvalue weighted by atomic mass is 9.82. The molecule has 0 saturated heterocycles. The summed E-state index contributed by atoms with van der Waals surface area (Å²) >= 11 is 1.86. The Balaban J connectivity index is 1.14. The van der Waals surface area contributed by atoms with Gasteiger partial charge in [-0.1, -0.05) is 129 Å². The van der Waals surface area contributed by atoms with Gasteiger partial charge in [0.25, 0.3) is 0 Å². The zero-order valence-corrected chi connectivity index (χ0v) is 29.7. The van der Waals surface area contributed by atoms with Crippen molar-refractivity contribution in [1.82, 2.24) is 0 Å². The van der Waals surface area contributed by atoms with Crippen LogP contribution in [-0.2, 0) is 5.41 Å². The first-order valence-corrected chi connectivity index (χ1v) is 18.7. The Kier molecular flexibility index (Phi) is 6.21. The molecule has 246 valence electrons. The zero-order chi connectivity index (χ0) is 34.6. The maximum Gasteiger partial charge on any atom is 0.159 e. The molecule has 0 radical (unpaired) electrons. The molecule has 0 N–H and O–H groups in total. The molecule has 3 heteroatoms. The summed E-state index contributed by atoms with van der Waals surface area (Å²) in [6.07, 6.45) is 0. The normalized spacial score (nSPS) is 13.3. The number of furan rings is 1. The summed E-state index contributed by atoms with van der Waals surface area (Å²) in [5, 5.41) is 7.19. The Morgan fingerprint density at radius 1 is 0.481 bits per heavy atom. The largest absolute Gasteiger partial charge is 0.453 e. The number of rotatable bonds is 4. The molecule has 0 atom stereocenters. The van der Waals surface area contributed by atoms with Crippen LogP contribution < -0.4 is 4.90 Å². The number of para-hydroxylation sites is 1. The fourth-order valence-electron chi connectivity index (χ4n) is 8.73. The minimum atomic E-state index is -0.119. The van der Waals surface area contributed by atoms with E-state index in [1.165, 1.54) is 58.9 Å². The van der Waals surface area contributed by atoms with Crippen LogP contribution in [0.5, 0.6) is 0 Å². The topological polar surface area (TPSA) is 16.4 Å². The summed E-state index contributed by atoms with van der Waals surface area (Å²) in [5.74, 6) is 0. The second kappa shape index (κ2) is 10.9. The molecular formula is C49H33NOS. The molecule has 11 rings (SSSR count). The Morgan fingerprint density at radius 3 is 2.06 bits per heavy atom. The minimum absolute atomic E-state index is 0.119. The Morgan fingerprint density at radius 2 is 1.15 bits per heavy atom. The summed E-state index contributed by atoms with van der Waals surface area (Å²) < 4.78 is 9.62. The summed E-state index contributed by atoms with van der Waals surface area (Å²) in [7, 11) is 0. The molecule has 2 nitrogen and oxygen atoms in total. The number of hydrogen-bond donors (Lipinski definition) is 0. The molecule has 2 heterocycles. The monoisotopic (exact) mass is 683 g/mol. The van der Waals surface area contributed by atoms with Crippen LogP contribution in [0.15, 0.2) is 168 Å². The molecule has 10 aromatic rings. The highest BCUT2D eigenvalue weighted by atomic mass is 32.1. The van der Waals surface area contributed by atoms with Crippen LogP contribution in [0.2, 0.25) is 0 Å². The van der Waals surface area contributed by atoms with Crippen LogP contribution in [0.4, 0.5) is 17.1 Å². The van der Waals surface area contributed by atoms with Crippen LogP contribution in [0.3, 0.4) is 0 Å². The predicted molar refractivity (Wildman–Crippen MR) is 222 cm³/mol. The van der Waals surface area contributed by atoms with E-state index >= 15 is 0 Å². The van der Waals surface area contributed by atoms with Gasteiger partial charge in [-0.15, -0.1) is 11.3 Å². The number of anilines is 3. The molecule has 0 fully saturated rings. The molecule has 1 aliphatic rings. The fourth-order valence-corrected chi connectivity index (χ4v) is 9.81. The van der Waals surface area contributed by atoms with Crippen molar-refractivity contribution < 1.29 is 4.42 Å². The number of hydrogen-bond acceptors (Lipinski definition) is 3. The molecule has 2 aromatic heterocycles. The molecular weight excluding hydrogens is 651 g/mol. The van der Waals surface area contributed by atoms with E-state index in [1.807, 2.05) is 11.3 Å². The molecule has 0 amide bonds. The van der Waals surface area contributed by atoms with Gasteiger partial charge in [-0.25, -0.2) is 0 Å². The summed E-state index contributed by atoms with van der Waals surface area (Å²) in [6.45, 7) is 4.69. The van der Waals surface area contributed by atoms with E-state index in [2.05, 4.69) is 183 Å². The van der Waals surface area contributed by atoms with Gasteiger partial charge in [-0.05, 0) is 81.7 Å². The minimum Gasteiger partial charge on any atom is -0.453 e. The predicted octanol–water partition coefficient (Wildman–Crippen LogP) is 14.6. The van der Waals surface area contributed by atoms with Crippen molar-refractivity contribution in [3.05, 3.63) is 175 Å². The highest BCUT2D eigenvalue weighted by Crippen LogP contribution is 2.55. The van der Waals surface area contributed by atoms with Gasteiger partial charge in [0.1, 0.15) is 5.58 Å². The Labute approximate surface area is 305 Å². The Bertz CT molecular complexity index is 3050. The molecule has 0 aliphatic heterocycles. The quantitative estimate of drug-likeness (QED) is 0.184. The lowest BCUT2D eigenvalue weighted by molar-refractivity contribution is 0.660. The maximum atomic E-state index is 6.97. The summed E-state index contributed by atoms with van der Waals surface area (Å²) in [6, 6.07) is 59.9. The van der Waals surface area contributed by atoms with Gasteiger partial charge in [0, 0.05) is 53.0 Å². The lowest BCUT2D eigenvalue weighted by Gasteiger charge is -2.29. The van der Waals surface area contributed by atoms with Crippen molar-refractivity contribution in [2.45, 2.75) is 19.3 Å². The van der Waals surface area contributed by atoms with E-state index in [0.29, 0.717) is 0 Å². The molecule has 0 saturated carbocycles. The van der Waals surface area contributed by atoms with E-state index in [-0.39, 0.29) is 5.41 Å². The van der Waals surface area contributed by atoms with Gasteiger partial charge in [-0.2, -0.15) is 0 Å². The van der Waals surface area contributed by atoms with Crippen molar-refractivity contribution in [2.75, 3.05) is 4.90 Å². The van der Waals surface area contributed by atoms with Gasteiger partial charge < -0.3 is 9.32 Å². The van der Waals surface area contributed by atoms with Crippen molar-refractivity contribution in [1.29, 1.82) is 0 Å². The first-order chi connectivity index (χ1) is 25.5. The number of thiophene rings is 1. The first-order valence-electron chi connectivity index (χ1n) is 17.9. The first kappa shape index (κ1) is 29.6.